The molecule has 1 unspecified atom stereocenters. The van der Waals surface area contributed by atoms with Crippen molar-refractivity contribution in [2.45, 2.75) is 46.1 Å². The molecule has 0 radical (unpaired) electrons. The summed E-state index contributed by atoms with van der Waals surface area (Å²) in [4.78, 5) is 12.0. The van der Waals surface area contributed by atoms with E-state index in [0.29, 0.717) is 0 Å². The molecule has 1 rings (SSSR count). The van der Waals surface area contributed by atoms with E-state index in [9.17, 15) is 4.79 Å². The van der Waals surface area contributed by atoms with Crippen LogP contribution < -0.4 is 0 Å². The molecule has 0 spiro atoms. The minimum absolute atomic E-state index is 0.182. The Balaban J connectivity index is 2.93. The molecule has 0 fully saturated rings. The minimum Gasteiger partial charge on any atom is -0.460 e. The molecule has 0 saturated carbocycles. The highest BCUT2D eigenvalue weighted by Crippen LogP contribution is 2.27. The molecule has 0 aliphatic rings. The predicted molar refractivity (Wildman–Crippen MR) is 73.1 cm³/mol. The number of halogens is 1. The van der Waals surface area contributed by atoms with Gasteiger partial charge in [0.1, 0.15) is 5.60 Å². The summed E-state index contributed by atoms with van der Waals surface area (Å²) < 4.78 is 6.41. The maximum absolute atomic E-state index is 12.0. The molecule has 2 nitrogen and oxygen atoms in total. The zero-order chi connectivity index (χ0) is 13.2. The highest BCUT2D eigenvalue weighted by atomic mass is 79.9. The summed E-state index contributed by atoms with van der Waals surface area (Å²) in [7, 11) is 0. The van der Waals surface area contributed by atoms with Gasteiger partial charge in [-0.3, -0.25) is 4.79 Å². The topological polar surface area (TPSA) is 26.3 Å². The van der Waals surface area contributed by atoms with Gasteiger partial charge in [0, 0.05) is 4.47 Å². The highest BCUT2D eigenvalue weighted by molar-refractivity contribution is 9.10. The molecule has 3 heteroatoms. The van der Waals surface area contributed by atoms with Crippen LogP contribution in [0.5, 0.6) is 0 Å². The number of ether oxygens (including phenoxy) is 1. The van der Waals surface area contributed by atoms with E-state index in [2.05, 4.69) is 15.9 Å². The van der Waals surface area contributed by atoms with Gasteiger partial charge in [0.15, 0.2) is 0 Å². The van der Waals surface area contributed by atoms with E-state index < -0.39 is 5.60 Å². The van der Waals surface area contributed by atoms with Crippen LogP contribution in [0, 0.1) is 6.92 Å². The quantitative estimate of drug-likeness (QED) is 0.765. The number of carbonyl (C=O) groups is 1. The largest absolute Gasteiger partial charge is 0.460 e. The third kappa shape index (κ3) is 3.84. The average molecular weight is 299 g/mol. The van der Waals surface area contributed by atoms with Crippen molar-refractivity contribution in [1.29, 1.82) is 0 Å². The zero-order valence-electron chi connectivity index (χ0n) is 11.0. The Kier molecular flexibility index (Phi) is 4.36. The van der Waals surface area contributed by atoms with Gasteiger partial charge < -0.3 is 4.74 Å². The summed E-state index contributed by atoms with van der Waals surface area (Å²) in [6.07, 6.45) is 0. The van der Waals surface area contributed by atoms with E-state index in [1.165, 1.54) is 0 Å². The number of rotatable bonds is 2. The summed E-state index contributed by atoms with van der Waals surface area (Å²) in [5.74, 6) is -0.426. The Morgan fingerprint density at radius 3 is 2.47 bits per heavy atom. The van der Waals surface area contributed by atoms with Gasteiger partial charge >= 0.3 is 5.97 Å². The van der Waals surface area contributed by atoms with Crippen molar-refractivity contribution in [2.75, 3.05) is 0 Å². The fourth-order valence-electron chi connectivity index (χ4n) is 1.61. The molecule has 94 valence electrons. The smallest absolute Gasteiger partial charge is 0.313 e. The lowest BCUT2D eigenvalue weighted by molar-refractivity contribution is -0.156. The van der Waals surface area contributed by atoms with Crippen molar-refractivity contribution in [3.8, 4) is 0 Å². The van der Waals surface area contributed by atoms with Crippen molar-refractivity contribution in [3.63, 3.8) is 0 Å². The Bertz CT molecular complexity index is 419. The normalized spacial score (nSPS) is 13.3. The summed E-state index contributed by atoms with van der Waals surface area (Å²) in [5.41, 5.74) is 1.66. The Labute approximate surface area is 111 Å². The van der Waals surface area contributed by atoms with Gasteiger partial charge in [0.25, 0.3) is 0 Å². The van der Waals surface area contributed by atoms with E-state index in [0.717, 1.165) is 15.6 Å². The molecule has 0 aliphatic heterocycles. The van der Waals surface area contributed by atoms with Crippen LogP contribution in [0.2, 0.25) is 0 Å². The molecule has 0 aliphatic carbocycles. The predicted octanol–water partition coefficient (Wildman–Crippen LogP) is 4.20. The molecule has 0 heterocycles. The third-order valence-corrected chi connectivity index (χ3v) is 3.40. The highest BCUT2D eigenvalue weighted by Gasteiger charge is 2.24. The molecule has 0 saturated heterocycles. The van der Waals surface area contributed by atoms with Crippen LogP contribution in [0.4, 0.5) is 0 Å². The lowest BCUT2D eigenvalue weighted by atomic mass is 9.96. The van der Waals surface area contributed by atoms with Crippen molar-refractivity contribution in [2.24, 2.45) is 0 Å². The van der Waals surface area contributed by atoms with Crippen LogP contribution in [0.15, 0.2) is 22.7 Å². The number of esters is 1. The SMILES string of the molecule is Cc1c(Br)cccc1C(C)C(=O)OC(C)(C)C. The molecular formula is C14H19BrO2. The summed E-state index contributed by atoms with van der Waals surface area (Å²) in [5, 5.41) is 0. The van der Waals surface area contributed by atoms with E-state index >= 15 is 0 Å². The van der Waals surface area contributed by atoms with Gasteiger partial charge in [0.05, 0.1) is 5.92 Å². The van der Waals surface area contributed by atoms with Crippen molar-refractivity contribution < 1.29 is 9.53 Å². The van der Waals surface area contributed by atoms with Gasteiger partial charge in [-0.2, -0.15) is 0 Å². The Morgan fingerprint density at radius 2 is 1.94 bits per heavy atom. The average Bonchev–Trinajstić information content (AvgIpc) is 2.18. The first kappa shape index (κ1) is 14.2. The van der Waals surface area contributed by atoms with E-state index in [-0.39, 0.29) is 11.9 Å². The first-order chi connectivity index (χ1) is 7.72. The zero-order valence-corrected chi connectivity index (χ0v) is 12.6. The molecule has 0 bridgehead atoms. The van der Waals surface area contributed by atoms with Crippen LogP contribution >= 0.6 is 15.9 Å². The second kappa shape index (κ2) is 5.21. The van der Waals surface area contributed by atoms with Crippen LogP contribution in [-0.4, -0.2) is 11.6 Å². The molecule has 1 atom stereocenters. The first-order valence-corrected chi connectivity index (χ1v) is 6.49. The fraction of sp³-hybridized carbons (Fsp3) is 0.500. The molecule has 1 aromatic rings. The van der Waals surface area contributed by atoms with Gasteiger partial charge in [-0.1, -0.05) is 28.1 Å². The van der Waals surface area contributed by atoms with Crippen LogP contribution in [0.3, 0.4) is 0 Å². The molecule has 0 N–H and O–H groups in total. The maximum Gasteiger partial charge on any atom is 0.313 e. The van der Waals surface area contributed by atoms with Gasteiger partial charge in [-0.15, -0.1) is 0 Å². The molecular weight excluding hydrogens is 280 g/mol. The number of hydrogen-bond donors (Lipinski definition) is 0. The van der Waals surface area contributed by atoms with E-state index in [1.54, 1.807) is 0 Å². The molecule has 1 aromatic carbocycles. The number of benzene rings is 1. The van der Waals surface area contributed by atoms with Crippen molar-refractivity contribution in [3.05, 3.63) is 33.8 Å². The second-order valence-electron chi connectivity index (χ2n) is 5.21. The summed E-state index contributed by atoms with van der Waals surface area (Å²) in [6.45, 7) is 9.52. The monoisotopic (exact) mass is 298 g/mol. The van der Waals surface area contributed by atoms with Gasteiger partial charge in [0.2, 0.25) is 0 Å². The fourth-order valence-corrected chi connectivity index (χ4v) is 1.99. The minimum atomic E-state index is -0.439. The first-order valence-electron chi connectivity index (χ1n) is 5.70. The van der Waals surface area contributed by atoms with Gasteiger partial charge in [-0.05, 0) is 51.8 Å². The molecule has 0 amide bonds. The number of hydrogen-bond acceptors (Lipinski definition) is 2. The maximum atomic E-state index is 12.0. The van der Waals surface area contributed by atoms with Crippen LogP contribution in [0.25, 0.3) is 0 Å². The van der Waals surface area contributed by atoms with E-state index in [4.69, 9.17) is 4.74 Å². The summed E-state index contributed by atoms with van der Waals surface area (Å²) >= 11 is 3.47. The lowest BCUT2D eigenvalue weighted by Crippen LogP contribution is -2.27. The lowest BCUT2D eigenvalue weighted by Gasteiger charge is -2.23. The third-order valence-electron chi connectivity index (χ3n) is 2.54. The standard InChI is InChI=1S/C14H19BrO2/c1-9-11(7-6-8-12(9)15)10(2)13(16)17-14(3,4)5/h6-8,10H,1-5H3. The van der Waals surface area contributed by atoms with Crippen molar-refractivity contribution >= 4 is 21.9 Å². The Morgan fingerprint density at radius 1 is 1.35 bits per heavy atom. The van der Waals surface area contributed by atoms with Crippen LogP contribution in [0.1, 0.15) is 44.7 Å². The van der Waals surface area contributed by atoms with Crippen LogP contribution in [-0.2, 0) is 9.53 Å². The summed E-state index contributed by atoms with van der Waals surface area (Å²) in [6, 6.07) is 5.88. The van der Waals surface area contributed by atoms with Gasteiger partial charge in [-0.25, -0.2) is 0 Å². The Hall–Kier alpha value is -0.830. The van der Waals surface area contributed by atoms with E-state index in [1.807, 2.05) is 52.8 Å². The molecule has 0 aromatic heterocycles. The molecule has 17 heavy (non-hydrogen) atoms. The number of carbonyl (C=O) groups excluding carboxylic acids is 1. The van der Waals surface area contributed by atoms with Crippen molar-refractivity contribution in [1.82, 2.24) is 0 Å². The second-order valence-corrected chi connectivity index (χ2v) is 6.06.